The number of alkyl halides is 1. The van der Waals surface area contributed by atoms with Crippen LogP contribution in [0, 0.1) is 0 Å². The monoisotopic (exact) mass is 147 g/mol. The van der Waals surface area contributed by atoms with Gasteiger partial charge in [0, 0.05) is 0 Å². The molecular weight excluding hydrogens is 129 g/mol. The maximum absolute atomic E-state index is 11.5. The number of nitrogens with two attached hydrogens (primary N) is 1. The predicted molar refractivity (Wildman–Crippen MR) is 42.7 cm³/mol. The first-order chi connectivity index (χ1) is 4.91. The second-order valence-electron chi connectivity index (χ2n) is 2.60. The zero-order valence-electron chi connectivity index (χ0n) is 6.61. The minimum absolute atomic E-state index is 0.156. The van der Waals surface area contributed by atoms with E-state index in [0.29, 0.717) is 0 Å². The SMILES string of the molecule is NCCCCCCCCF. The van der Waals surface area contributed by atoms with Crippen molar-refractivity contribution in [3.8, 4) is 0 Å². The first-order valence-corrected chi connectivity index (χ1v) is 4.18. The van der Waals surface area contributed by atoms with E-state index < -0.39 is 0 Å². The van der Waals surface area contributed by atoms with E-state index in [-0.39, 0.29) is 6.67 Å². The van der Waals surface area contributed by atoms with Crippen LogP contribution < -0.4 is 5.73 Å². The summed E-state index contributed by atoms with van der Waals surface area (Å²) < 4.78 is 11.5. The van der Waals surface area contributed by atoms with Gasteiger partial charge in [-0.3, -0.25) is 4.39 Å². The molecular formula is C8H18FN. The fraction of sp³-hybridized carbons (Fsp3) is 1.00. The average Bonchev–Trinajstić information content (AvgIpc) is 1.97. The second-order valence-corrected chi connectivity index (χ2v) is 2.60. The van der Waals surface area contributed by atoms with E-state index in [0.717, 1.165) is 25.8 Å². The minimum atomic E-state index is -0.156. The lowest BCUT2D eigenvalue weighted by atomic mass is 10.1. The molecule has 0 atom stereocenters. The Morgan fingerprint density at radius 2 is 1.30 bits per heavy atom. The standard InChI is InChI=1S/C8H18FN/c9-7-5-3-1-2-4-6-8-10/h1-8,10H2. The zero-order valence-corrected chi connectivity index (χ0v) is 6.61. The molecule has 0 rings (SSSR count). The van der Waals surface area contributed by atoms with Gasteiger partial charge in [-0.15, -0.1) is 0 Å². The van der Waals surface area contributed by atoms with E-state index in [2.05, 4.69) is 0 Å². The highest BCUT2D eigenvalue weighted by Crippen LogP contribution is 2.04. The van der Waals surface area contributed by atoms with Gasteiger partial charge in [-0.05, 0) is 19.4 Å². The number of halogens is 1. The summed E-state index contributed by atoms with van der Waals surface area (Å²) in [6.45, 7) is 0.639. The Morgan fingerprint density at radius 1 is 0.800 bits per heavy atom. The Balaban J connectivity index is 2.65. The van der Waals surface area contributed by atoms with Gasteiger partial charge >= 0.3 is 0 Å². The van der Waals surface area contributed by atoms with Crippen LogP contribution in [0.1, 0.15) is 38.5 Å². The summed E-state index contributed by atoms with van der Waals surface area (Å²) in [4.78, 5) is 0. The van der Waals surface area contributed by atoms with E-state index in [1.807, 2.05) is 0 Å². The summed E-state index contributed by atoms with van der Waals surface area (Å²) in [5.41, 5.74) is 5.31. The molecule has 0 saturated carbocycles. The summed E-state index contributed by atoms with van der Waals surface area (Å²) in [5.74, 6) is 0. The molecule has 0 bridgehead atoms. The molecule has 0 saturated heterocycles. The third-order valence-electron chi connectivity index (χ3n) is 1.59. The molecule has 0 unspecified atom stereocenters. The zero-order chi connectivity index (χ0) is 7.66. The van der Waals surface area contributed by atoms with Crippen LogP contribution in [0.5, 0.6) is 0 Å². The van der Waals surface area contributed by atoms with Gasteiger partial charge in [-0.1, -0.05) is 25.7 Å². The molecule has 0 fully saturated rings. The topological polar surface area (TPSA) is 26.0 Å². The third kappa shape index (κ3) is 7.89. The number of unbranched alkanes of at least 4 members (excludes halogenated alkanes) is 5. The molecule has 0 radical (unpaired) electrons. The third-order valence-corrected chi connectivity index (χ3v) is 1.59. The lowest BCUT2D eigenvalue weighted by Crippen LogP contribution is -1.97. The van der Waals surface area contributed by atoms with Crippen LogP contribution in [0.15, 0.2) is 0 Å². The summed E-state index contributed by atoms with van der Waals surface area (Å²) in [6.07, 6.45) is 6.50. The van der Waals surface area contributed by atoms with Crippen molar-refractivity contribution in [1.29, 1.82) is 0 Å². The van der Waals surface area contributed by atoms with Crippen molar-refractivity contribution >= 4 is 0 Å². The first kappa shape index (κ1) is 9.89. The van der Waals surface area contributed by atoms with E-state index in [9.17, 15) is 4.39 Å². The Kier molecular flexibility index (Phi) is 8.79. The van der Waals surface area contributed by atoms with Gasteiger partial charge < -0.3 is 5.73 Å². The van der Waals surface area contributed by atoms with Crippen LogP contribution >= 0.6 is 0 Å². The maximum atomic E-state index is 11.5. The van der Waals surface area contributed by atoms with Gasteiger partial charge in [0.1, 0.15) is 0 Å². The van der Waals surface area contributed by atoms with Crippen LogP contribution in [-0.4, -0.2) is 13.2 Å². The summed E-state index contributed by atoms with van der Waals surface area (Å²) in [5, 5.41) is 0. The van der Waals surface area contributed by atoms with Gasteiger partial charge in [0.2, 0.25) is 0 Å². The molecule has 0 aromatic carbocycles. The van der Waals surface area contributed by atoms with Crippen molar-refractivity contribution in [3.05, 3.63) is 0 Å². The second kappa shape index (κ2) is 8.89. The highest BCUT2D eigenvalue weighted by Gasteiger charge is 1.88. The van der Waals surface area contributed by atoms with Gasteiger partial charge in [0.15, 0.2) is 0 Å². The molecule has 0 aliphatic carbocycles. The normalized spacial score (nSPS) is 10.2. The molecule has 2 N–H and O–H groups in total. The quantitative estimate of drug-likeness (QED) is 0.549. The molecule has 1 nitrogen and oxygen atoms in total. The summed E-state index contributed by atoms with van der Waals surface area (Å²) >= 11 is 0. The van der Waals surface area contributed by atoms with Crippen LogP contribution in [-0.2, 0) is 0 Å². The predicted octanol–water partition coefficient (Wildman–Crippen LogP) is 2.26. The Morgan fingerprint density at radius 3 is 1.80 bits per heavy atom. The van der Waals surface area contributed by atoms with E-state index in [1.165, 1.54) is 19.3 Å². The van der Waals surface area contributed by atoms with Crippen molar-refractivity contribution in [2.24, 2.45) is 5.73 Å². The maximum Gasteiger partial charge on any atom is 0.0894 e. The number of hydrogen-bond donors (Lipinski definition) is 1. The average molecular weight is 147 g/mol. The summed E-state index contributed by atoms with van der Waals surface area (Å²) in [7, 11) is 0. The van der Waals surface area contributed by atoms with Crippen LogP contribution in [0.4, 0.5) is 4.39 Å². The molecule has 0 aromatic rings. The largest absolute Gasteiger partial charge is 0.330 e. The van der Waals surface area contributed by atoms with E-state index in [1.54, 1.807) is 0 Å². The van der Waals surface area contributed by atoms with Crippen molar-refractivity contribution in [1.82, 2.24) is 0 Å². The van der Waals surface area contributed by atoms with Crippen LogP contribution in [0.2, 0.25) is 0 Å². The summed E-state index contributed by atoms with van der Waals surface area (Å²) in [6, 6.07) is 0. The number of hydrogen-bond acceptors (Lipinski definition) is 1. The van der Waals surface area contributed by atoms with E-state index in [4.69, 9.17) is 5.73 Å². The van der Waals surface area contributed by atoms with Crippen molar-refractivity contribution < 1.29 is 4.39 Å². The first-order valence-electron chi connectivity index (χ1n) is 4.18. The molecule has 0 aliphatic rings. The van der Waals surface area contributed by atoms with E-state index >= 15 is 0 Å². The fourth-order valence-electron chi connectivity index (χ4n) is 0.946. The molecule has 0 heterocycles. The molecule has 0 aliphatic heterocycles. The highest BCUT2D eigenvalue weighted by atomic mass is 19.1. The van der Waals surface area contributed by atoms with Gasteiger partial charge in [0.25, 0.3) is 0 Å². The Labute approximate surface area is 62.8 Å². The van der Waals surface area contributed by atoms with Crippen LogP contribution in [0.25, 0.3) is 0 Å². The molecule has 2 heteroatoms. The molecule has 0 amide bonds. The number of rotatable bonds is 7. The molecule has 0 spiro atoms. The Bertz CT molecular complexity index is 49.2. The van der Waals surface area contributed by atoms with Gasteiger partial charge in [-0.25, -0.2) is 0 Å². The van der Waals surface area contributed by atoms with Gasteiger partial charge in [0.05, 0.1) is 6.67 Å². The molecule has 62 valence electrons. The molecule has 0 aromatic heterocycles. The lowest BCUT2D eigenvalue weighted by Gasteiger charge is -1.97. The Hall–Kier alpha value is -0.110. The van der Waals surface area contributed by atoms with Gasteiger partial charge in [-0.2, -0.15) is 0 Å². The van der Waals surface area contributed by atoms with Crippen molar-refractivity contribution in [2.45, 2.75) is 38.5 Å². The molecule has 10 heavy (non-hydrogen) atoms. The fourth-order valence-corrected chi connectivity index (χ4v) is 0.946. The highest BCUT2D eigenvalue weighted by molar-refractivity contribution is 4.44. The minimum Gasteiger partial charge on any atom is -0.330 e. The lowest BCUT2D eigenvalue weighted by molar-refractivity contribution is 0.450. The van der Waals surface area contributed by atoms with Crippen LogP contribution in [0.3, 0.4) is 0 Å². The smallest absolute Gasteiger partial charge is 0.0894 e. The van der Waals surface area contributed by atoms with Crippen molar-refractivity contribution in [2.75, 3.05) is 13.2 Å². The van der Waals surface area contributed by atoms with Crippen molar-refractivity contribution in [3.63, 3.8) is 0 Å².